The first-order valence-corrected chi connectivity index (χ1v) is 12.5. The summed E-state index contributed by atoms with van der Waals surface area (Å²) in [7, 11) is 0. The summed E-state index contributed by atoms with van der Waals surface area (Å²) in [4.78, 5) is 39.8. The van der Waals surface area contributed by atoms with E-state index in [9.17, 15) is 19.5 Å². The first-order chi connectivity index (χ1) is 15.8. The van der Waals surface area contributed by atoms with E-state index in [0.717, 1.165) is 29.8 Å². The maximum Gasteiger partial charge on any atom is 0.305 e. The van der Waals surface area contributed by atoms with Gasteiger partial charge in [-0.15, -0.1) is 6.42 Å². The van der Waals surface area contributed by atoms with Gasteiger partial charge in [-0.3, -0.25) is 14.4 Å². The molecule has 2 aliphatic carbocycles. The fraction of sp³-hybridized carbons (Fsp3) is 0.400. The lowest BCUT2D eigenvalue weighted by atomic mass is 9.71. The number of terminal acetylenes is 1. The number of Topliss-reactive ketones (excluding diaryl/α,β-unsaturated/α-hetero) is 2. The number of aliphatic carboxylic acids is 1. The second-order valence-electron chi connectivity index (χ2n) is 8.31. The van der Waals surface area contributed by atoms with Crippen LogP contribution in [0.15, 0.2) is 43.6 Å². The number of hydrogen-bond donors (Lipinski definition) is 1. The first kappa shape index (κ1) is 23.8. The topological polar surface area (TPSA) is 83.9 Å². The van der Waals surface area contributed by atoms with Crippen molar-refractivity contribution in [2.75, 3.05) is 13.2 Å². The summed E-state index contributed by atoms with van der Waals surface area (Å²) < 4.78 is 6.98. The molecular formula is C25H23Br2NO5. The minimum absolute atomic E-state index is 0.0198. The van der Waals surface area contributed by atoms with E-state index in [4.69, 9.17) is 11.2 Å². The number of nitrogens with zero attached hydrogens (tertiary/aromatic N) is 1. The molecule has 1 N–H and O–H groups in total. The van der Waals surface area contributed by atoms with Gasteiger partial charge in [0, 0.05) is 47.8 Å². The van der Waals surface area contributed by atoms with Gasteiger partial charge in [-0.1, -0.05) is 5.92 Å². The van der Waals surface area contributed by atoms with Crippen molar-refractivity contribution in [2.45, 2.75) is 50.9 Å². The van der Waals surface area contributed by atoms with Crippen LogP contribution in [0.3, 0.4) is 0 Å². The highest BCUT2D eigenvalue weighted by molar-refractivity contribution is 9.11. The van der Waals surface area contributed by atoms with E-state index in [1.807, 2.05) is 17.0 Å². The molecule has 1 aromatic carbocycles. The molecule has 0 saturated heterocycles. The average molecular weight is 577 g/mol. The zero-order valence-electron chi connectivity index (χ0n) is 18.0. The molecule has 4 rings (SSSR count). The van der Waals surface area contributed by atoms with Crippen LogP contribution in [0.25, 0.3) is 0 Å². The number of hydrogen-bond acceptors (Lipinski definition) is 5. The predicted molar refractivity (Wildman–Crippen MR) is 130 cm³/mol. The van der Waals surface area contributed by atoms with Crippen molar-refractivity contribution < 1.29 is 24.2 Å². The summed E-state index contributed by atoms with van der Waals surface area (Å²) in [5.74, 6) is 1.66. The molecule has 0 saturated carbocycles. The molecule has 0 atom stereocenters. The quantitative estimate of drug-likeness (QED) is 0.474. The molecule has 6 nitrogen and oxygen atoms in total. The van der Waals surface area contributed by atoms with Crippen LogP contribution in [0.1, 0.15) is 56.4 Å². The summed E-state index contributed by atoms with van der Waals surface area (Å²) in [5.41, 5.74) is 3.79. The van der Waals surface area contributed by atoms with Gasteiger partial charge in [0.2, 0.25) is 0 Å². The highest BCUT2D eigenvalue weighted by Crippen LogP contribution is 2.50. The summed E-state index contributed by atoms with van der Waals surface area (Å²) in [5, 5.41) is 9.29. The summed E-state index contributed by atoms with van der Waals surface area (Å²) >= 11 is 7.10. The second-order valence-corrected chi connectivity index (χ2v) is 10.0. The fourth-order valence-electron chi connectivity index (χ4n) is 5.03. The maximum atomic E-state index is 13.3. The van der Waals surface area contributed by atoms with Gasteiger partial charge in [-0.05, 0) is 75.2 Å². The third-order valence-corrected chi connectivity index (χ3v) is 7.47. The van der Waals surface area contributed by atoms with Crippen molar-refractivity contribution in [3.05, 3.63) is 49.2 Å². The van der Waals surface area contributed by atoms with Crippen LogP contribution in [0.5, 0.6) is 5.75 Å². The zero-order chi connectivity index (χ0) is 23.7. The lowest BCUT2D eigenvalue weighted by Gasteiger charge is -2.44. The number of ketones is 2. The molecule has 0 radical (unpaired) electrons. The smallest absolute Gasteiger partial charge is 0.305 e. The number of rotatable bonds is 6. The number of allylic oxidation sites excluding steroid dienone is 4. The van der Waals surface area contributed by atoms with Gasteiger partial charge in [0.1, 0.15) is 12.4 Å². The van der Waals surface area contributed by atoms with E-state index >= 15 is 0 Å². The summed E-state index contributed by atoms with van der Waals surface area (Å²) in [6.07, 6.45) is 8.92. The molecule has 33 heavy (non-hydrogen) atoms. The van der Waals surface area contributed by atoms with Crippen LogP contribution in [-0.4, -0.2) is 40.7 Å². The molecule has 0 bridgehead atoms. The Bertz CT molecular complexity index is 1080. The third-order valence-electron chi connectivity index (χ3n) is 6.29. The van der Waals surface area contributed by atoms with Crippen molar-refractivity contribution in [3.8, 4) is 18.1 Å². The van der Waals surface area contributed by atoms with Gasteiger partial charge in [0.05, 0.1) is 15.4 Å². The lowest BCUT2D eigenvalue weighted by molar-refractivity contribution is -0.137. The van der Waals surface area contributed by atoms with Gasteiger partial charge in [0.15, 0.2) is 11.6 Å². The van der Waals surface area contributed by atoms with E-state index < -0.39 is 11.9 Å². The molecular weight excluding hydrogens is 554 g/mol. The number of carbonyl (C=O) groups excluding carboxylic acids is 2. The number of carboxylic acids is 1. The first-order valence-electron chi connectivity index (χ1n) is 10.9. The fourth-order valence-corrected chi connectivity index (χ4v) is 6.48. The Hall–Kier alpha value is -2.37. The highest BCUT2D eigenvalue weighted by atomic mass is 79.9. The van der Waals surface area contributed by atoms with Gasteiger partial charge in [0.25, 0.3) is 0 Å². The second kappa shape index (κ2) is 9.86. The Morgan fingerprint density at radius 2 is 1.61 bits per heavy atom. The lowest BCUT2D eigenvalue weighted by Crippen LogP contribution is -2.39. The number of halogens is 2. The minimum atomic E-state index is -0.902. The molecule has 1 aromatic rings. The van der Waals surface area contributed by atoms with Crippen molar-refractivity contribution in [3.63, 3.8) is 0 Å². The molecule has 1 heterocycles. The van der Waals surface area contributed by atoms with E-state index in [0.29, 0.717) is 51.5 Å². The van der Waals surface area contributed by atoms with Crippen LogP contribution in [0.4, 0.5) is 0 Å². The monoisotopic (exact) mass is 575 g/mol. The Morgan fingerprint density at radius 1 is 1.06 bits per heavy atom. The van der Waals surface area contributed by atoms with Gasteiger partial charge in [-0.2, -0.15) is 0 Å². The zero-order valence-corrected chi connectivity index (χ0v) is 21.1. The molecule has 3 aliphatic rings. The largest absolute Gasteiger partial charge is 0.481 e. The van der Waals surface area contributed by atoms with Crippen molar-refractivity contribution >= 4 is 49.4 Å². The number of benzene rings is 1. The van der Waals surface area contributed by atoms with E-state index in [1.54, 1.807) is 0 Å². The van der Waals surface area contributed by atoms with E-state index in [1.165, 1.54) is 0 Å². The van der Waals surface area contributed by atoms with Gasteiger partial charge in [-0.25, -0.2) is 0 Å². The Morgan fingerprint density at radius 3 is 2.09 bits per heavy atom. The standard InChI is InChI=1S/C25H23Br2NO5/c1-2-11-33-25-15(26)12-14(13-16(25)27)22-23-17(5-3-7-19(23)29)28(10-9-21(31)32)18-6-4-8-20(30)24(18)22/h1,12-13,22H,3-11H2,(H,31,32). The SMILES string of the molecule is C#CCOc1c(Br)cc(C2C3=C(CCCC3=O)N(CCC(=O)O)C3=C2C(=O)CCC3)cc1Br. The van der Waals surface area contributed by atoms with Crippen molar-refractivity contribution in [2.24, 2.45) is 0 Å². The minimum Gasteiger partial charge on any atom is -0.481 e. The van der Waals surface area contributed by atoms with Crippen molar-refractivity contribution in [1.82, 2.24) is 4.90 Å². The van der Waals surface area contributed by atoms with Crippen LogP contribution < -0.4 is 4.74 Å². The Balaban J connectivity index is 1.89. The molecule has 0 spiro atoms. The average Bonchev–Trinajstić information content (AvgIpc) is 2.76. The van der Waals surface area contributed by atoms with Gasteiger partial charge < -0.3 is 14.7 Å². The molecule has 1 aliphatic heterocycles. The van der Waals surface area contributed by atoms with Crippen LogP contribution in [0.2, 0.25) is 0 Å². The molecule has 0 amide bonds. The van der Waals surface area contributed by atoms with Gasteiger partial charge >= 0.3 is 5.97 Å². The summed E-state index contributed by atoms with van der Waals surface area (Å²) in [6, 6.07) is 3.76. The van der Waals surface area contributed by atoms with Crippen LogP contribution in [0, 0.1) is 12.3 Å². The molecule has 0 unspecified atom stereocenters. The predicted octanol–water partition coefficient (Wildman–Crippen LogP) is 5.11. The third kappa shape index (κ3) is 4.53. The number of carboxylic acid groups (broad SMARTS) is 1. The normalized spacial score (nSPS) is 18.8. The molecule has 0 aromatic heterocycles. The van der Waals surface area contributed by atoms with Crippen LogP contribution >= 0.6 is 31.9 Å². The molecule has 172 valence electrons. The maximum absolute atomic E-state index is 13.3. The van der Waals surface area contributed by atoms with E-state index in [2.05, 4.69) is 37.8 Å². The highest BCUT2D eigenvalue weighted by Gasteiger charge is 2.43. The number of carbonyl (C=O) groups is 3. The van der Waals surface area contributed by atoms with E-state index in [-0.39, 0.29) is 31.1 Å². The summed E-state index contributed by atoms with van der Waals surface area (Å²) in [6.45, 7) is 0.368. The molecule has 0 fully saturated rings. The molecule has 8 heteroatoms. The Kier molecular flexibility index (Phi) is 7.10. The van der Waals surface area contributed by atoms with Crippen LogP contribution in [-0.2, 0) is 14.4 Å². The number of ether oxygens (including phenoxy) is 1. The van der Waals surface area contributed by atoms with Crippen molar-refractivity contribution in [1.29, 1.82) is 0 Å². The Labute approximate surface area is 209 Å².